The van der Waals surface area contributed by atoms with E-state index in [0.29, 0.717) is 5.92 Å². The van der Waals surface area contributed by atoms with E-state index in [-0.39, 0.29) is 5.41 Å². The molecule has 0 amide bonds. The second-order valence-corrected chi connectivity index (χ2v) is 15.9. The first-order chi connectivity index (χ1) is 26.9. The lowest BCUT2D eigenvalue weighted by Crippen LogP contribution is -2.20. The lowest BCUT2D eigenvalue weighted by molar-refractivity contribution is 0.661. The second kappa shape index (κ2) is 12.9. The molecule has 9 aromatic carbocycles. The minimum Gasteiger partial charge on any atom is -0.310 e. The Morgan fingerprint density at radius 2 is 0.909 bits per heavy atom. The summed E-state index contributed by atoms with van der Waals surface area (Å²) < 4.78 is 0. The van der Waals surface area contributed by atoms with Crippen LogP contribution in [0.1, 0.15) is 50.3 Å². The van der Waals surface area contributed by atoms with Crippen LogP contribution in [0.2, 0.25) is 0 Å². The van der Waals surface area contributed by atoms with Crippen molar-refractivity contribution in [1.29, 1.82) is 0 Å². The minimum atomic E-state index is -0.151. The summed E-state index contributed by atoms with van der Waals surface area (Å²) in [6.07, 6.45) is 0. The van der Waals surface area contributed by atoms with Crippen LogP contribution >= 0.6 is 0 Å². The average Bonchev–Trinajstić information content (AvgIpc) is 3.47. The third-order valence-corrected chi connectivity index (χ3v) is 12.0. The highest BCUT2D eigenvalue weighted by atomic mass is 15.1. The summed E-state index contributed by atoms with van der Waals surface area (Å²) >= 11 is 0. The molecule has 264 valence electrons. The van der Waals surface area contributed by atoms with Crippen LogP contribution in [-0.4, -0.2) is 0 Å². The molecule has 10 rings (SSSR count). The third-order valence-electron chi connectivity index (χ3n) is 12.0. The molecule has 0 spiro atoms. The van der Waals surface area contributed by atoms with Gasteiger partial charge >= 0.3 is 0 Å². The van der Waals surface area contributed by atoms with Gasteiger partial charge in [0.15, 0.2) is 0 Å². The molecule has 0 unspecified atom stereocenters. The summed E-state index contributed by atoms with van der Waals surface area (Å²) in [7, 11) is 0. The summed E-state index contributed by atoms with van der Waals surface area (Å²) in [6.45, 7) is 9.28. The molecule has 0 fully saturated rings. The number of hydrogen-bond acceptors (Lipinski definition) is 1. The zero-order valence-electron chi connectivity index (χ0n) is 31.8. The van der Waals surface area contributed by atoms with Gasteiger partial charge in [-0.3, -0.25) is 0 Å². The Morgan fingerprint density at radius 1 is 0.418 bits per heavy atom. The fraction of sp³-hybridized carbons (Fsp3) is 0.111. The van der Waals surface area contributed by atoms with E-state index >= 15 is 0 Å². The first kappa shape index (κ1) is 33.2. The predicted molar refractivity (Wildman–Crippen MR) is 236 cm³/mol. The van der Waals surface area contributed by atoms with E-state index in [2.05, 4.69) is 215 Å². The molecule has 0 saturated carbocycles. The molecule has 0 radical (unpaired) electrons. The van der Waals surface area contributed by atoms with Gasteiger partial charge in [0, 0.05) is 16.8 Å². The van der Waals surface area contributed by atoms with Crippen molar-refractivity contribution >= 4 is 49.4 Å². The Morgan fingerprint density at radius 3 is 1.56 bits per heavy atom. The fourth-order valence-electron chi connectivity index (χ4n) is 9.39. The van der Waals surface area contributed by atoms with Gasteiger partial charge in [-0.1, -0.05) is 179 Å². The van der Waals surface area contributed by atoms with Crippen LogP contribution in [-0.2, 0) is 5.41 Å². The number of fused-ring (bicyclic) bond motifs is 6. The van der Waals surface area contributed by atoms with Crippen molar-refractivity contribution in [2.75, 3.05) is 4.90 Å². The Hall–Kier alpha value is -6.44. The monoisotopic (exact) mass is 705 g/mol. The quantitative estimate of drug-likeness (QED) is 0.156. The summed E-state index contributed by atoms with van der Waals surface area (Å²) in [6, 6.07) is 67.6. The molecule has 0 heterocycles. The third kappa shape index (κ3) is 5.22. The van der Waals surface area contributed by atoms with Gasteiger partial charge in [-0.15, -0.1) is 0 Å². The molecule has 1 heteroatoms. The fourth-order valence-corrected chi connectivity index (χ4v) is 9.39. The number of nitrogens with zero attached hydrogens (tertiary/aromatic N) is 1. The zero-order chi connectivity index (χ0) is 37.3. The van der Waals surface area contributed by atoms with Crippen molar-refractivity contribution in [2.24, 2.45) is 0 Å². The maximum atomic E-state index is 2.47. The van der Waals surface area contributed by atoms with Crippen molar-refractivity contribution in [3.63, 3.8) is 0 Å². The molecule has 0 aliphatic heterocycles. The van der Waals surface area contributed by atoms with Gasteiger partial charge in [0.1, 0.15) is 0 Å². The molecule has 0 saturated heterocycles. The van der Waals surface area contributed by atoms with Crippen molar-refractivity contribution in [3.8, 4) is 33.4 Å². The molecule has 9 aromatic rings. The highest BCUT2D eigenvalue weighted by molar-refractivity contribution is 6.23. The van der Waals surface area contributed by atoms with E-state index in [1.54, 1.807) is 0 Å². The first-order valence-corrected chi connectivity index (χ1v) is 19.6. The summed E-state index contributed by atoms with van der Waals surface area (Å²) in [5, 5.41) is 7.59. The van der Waals surface area contributed by atoms with Crippen molar-refractivity contribution < 1.29 is 0 Å². The lowest BCUT2D eigenvalue weighted by Gasteiger charge is -2.32. The van der Waals surface area contributed by atoms with Crippen LogP contribution in [0.5, 0.6) is 0 Å². The van der Waals surface area contributed by atoms with E-state index in [0.717, 1.165) is 11.4 Å². The Bertz CT molecular complexity index is 2850. The van der Waals surface area contributed by atoms with Crippen LogP contribution in [0.4, 0.5) is 17.1 Å². The summed E-state index contributed by atoms with van der Waals surface area (Å²) in [5.74, 6) is 0.466. The van der Waals surface area contributed by atoms with Crippen molar-refractivity contribution in [2.45, 2.75) is 39.0 Å². The molecule has 0 N–H and O–H groups in total. The van der Waals surface area contributed by atoms with Gasteiger partial charge in [0.2, 0.25) is 0 Å². The van der Waals surface area contributed by atoms with Crippen LogP contribution < -0.4 is 4.90 Å². The van der Waals surface area contributed by atoms with Crippen molar-refractivity contribution in [3.05, 3.63) is 199 Å². The smallest absolute Gasteiger partial charge is 0.0508 e. The average molecular weight is 706 g/mol. The SMILES string of the molecule is CC(C)c1ccc(N(c2ccc(-c3c4ccccc4c(-c4cccc5ccccc45)c4ccccc34)cc2)c2cccc3c2C(C)(C)c2ccccc2-3)cc1. The number of benzene rings is 9. The second-order valence-electron chi connectivity index (χ2n) is 15.9. The Balaban J connectivity index is 1.17. The molecule has 0 bridgehead atoms. The summed E-state index contributed by atoms with van der Waals surface area (Å²) in [4.78, 5) is 2.47. The number of anilines is 3. The van der Waals surface area contributed by atoms with Crippen LogP contribution in [0.15, 0.2) is 182 Å². The maximum Gasteiger partial charge on any atom is 0.0508 e. The van der Waals surface area contributed by atoms with Crippen LogP contribution in [0, 0.1) is 0 Å². The molecule has 1 nitrogen and oxygen atoms in total. The van der Waals surface area contributed by atoms with Gasteiger partial charge in [0.25, 0.3) is 0 Å². The normalized spacial score (nSPS) is 13.0. The molecular weight excluding hydrogens is 663 g/mol. The number of hydrogen-bond donors (Lipinski definition) is 0. The van der Waals surface area contributed by atoms with Gasteiger partial charge < -0.3 is 4.90 Å². The van der Waals surface area contributed by atoms with E-state index in [9.17, 15) is 0 Å². The van der Waals surface area contributed by atoms with E-state index in [4.69, 9.17) is 0 Å². The molecule has 0 atom stereocenters. The topological polar surface area (TPSA) is 3.24 Å². The minimum absolute atomic E-state index is 0.151. The molecule has 1 aliphatic carbocycles. The zero-order valence-corrected chi connectivity index (χ0v) is 31.8. The molecular formula is C54H43N. The van der Waals surface area contributed by atoms with Gasteiger partial charge in [-0.2, -0.15) is 0 Å². The Kier molecular flexibility index (Phi) is 7.75. The highest BCUT2D eigenvalue weighted by Gasteiger charge is 2.38. The largest absolute Gasteiger partial charge is 0.310 e. The van der Waals surface area contributed by atoms with Gasteiger partial charge in [-0.05, 0) is 119 Å². The van der Waals surface area contributed by atoms with Crippen LogP contribution in [0.3, 0.4) is 0 Å². The van der Waals surface area contributed by atoms with E-state index in [1.807, 2.05) is 0 Å². The van der Waals surface area contributed by atoms with Gasteiger partial charge in [-0.25, -0.2) is 0 Å². The maximum absolute atomic E-state index is 2.47. The lowest BCUT2D eigenvalue weighted by atomic mass is 9.81. The Labute approximate surface area is 324 Å². The molecule has 0 aromatic heterocycles. The molecule has 55 heavy (non-hydrogen) atoms. The first-order valence-electron chi connectivity index (χ1n) is 19.6. The van der Waals surface area contributed by atoms with Crippen LogP contribution in [0.25, 0.3) is 65.7 Å². The van der Waals surface area contributed by atoms with Gasteiger partial charge in [0.05, 0.1) is 5.69 Å². The number of rotatable bonds is 6. The predicted octanol–water partition coefficient (Wildman–Crippen LogP) is 15.4. The standard InChI is InChI=1S/C54H43N/c1-35(2)36-27-31-39(32-28-36)55(50-26-14-24-48-42-18-11-12-25-49(42)54(3,4)53(48)50)40-33-29-38(30-34-40)51-44-19-7-9-21-46(44)52(47-22-10-8-20-45(47)51)43-23-13-16-37-15-5-6-17-41(37)43/h5-35H,1-4H3. The molecule has 1 aliphatic rings. The summed E-state index contributed by atoms with van der Waals surface area (Å²) in [5.41, 5.74) is 15.2. The van der Waals surface area contributed by atoms with E-state index in [1.165, 1.54) is 88.1 Å². The van der Waals surface area contributed by atoms with E-state index < -0.39 is 0 Å². The highest BCUT2D eigenvalue weighted by Crippen LogP contribution is 2.54. The van der Waals surface area contributed by atoms with Crippen molar-refractivity contribution in [1.82, 2.24) is 0 Å².